The van der Waals surface area contributed by atoms with Gasteiger partial charge >= 0.3 is 6.09 Å². The Labute approximate surface area is 146 Å². The molecule has 1 aromatic rings. The van der Waals surface area contributed by atoms with Crippen LogP contribution in [0.4, 0.5) is 4.79 Å². The summed E-state index contributed by atoms with van der Waals surface area (Å²) in [5, 5.41) is 11.0. The van der Waals surface area contributed by atoms with Crippen molar-refractivity contribution >= 4 is 6.09 Å². The van der Waals surface area contributed by atoms with Gasteiger partial charge in [-0.1, -0.05) is 0 Å². The zero-order valence-corrected chi connectivity index (χ0v) is 16.5. The summed E-state index contributed by atoms with van der Waals surface area (Å²) < 4.78 is 7.31. The number of amides is 1. The standard InChI is InChI=1S/C18H34N4O2/c1-9-22-15(5)16(14(4)21-22)13(3)19-11-10-12(2)20-17(23)24-18(6,7)8/h12-13,19H,9-11H2,1-8H3,(H,20,23). The number of hydrogen-bond acceptors (Lipinski definition) is 4. The number of carbonyl (C=O) groups excluding carboxylic acids is 1. The molecule has 1 rings (SSSR count). The predicted octanol–water partition coefficient (Wildman–Crippen LogP) is 3.47. The van der Waals surface area contributed by atoms with Crippen LogP contribution >= 0.6 is 0 Å². The van der Waals surface area contributed by atoms with Crippen LogP contribution in [0.1, 0.15) is 71.0 Å². The molecule has 138 valence electrons. The SMILES string of the molecule is CCn1nc(C)c(C(C)NCCC(C)NC(=O)OC(C)(C)C)c1C. The summed E-state index contributed by atoms with van der Waals surface area (Å²) >= 11 is 0. The number of nitrogens with zero attached hydrogens (tertiary/aromatic N) is 2. The maximum atomic E-state index is 11.7. The van der Waals surface area contributed by atoms with Crippen LogP contribution in [-0.2, 0) is 11.3 Å². The Hall–Kier alpha value is -1.56. The molecule has 0 aliphatic carbocycles. The summed E-state index contributed by atoms with van der Waals surface area (Å²) in [4.78, 5) is 11.7. The van der Waals surface area contributed by atoms with Gasteiger partial charge in [0.25, 0.3) is 0 Å². The van der Waals surface area contributed by atoms with E-state index in [1.54, 1.807) is 0 Å². The van der Waals surface area contributed by atoms with Gasteiger partial charge in [-0.05, 0) is 68.4 Å². The van der Waals surface area contributed by atoms with Gasteiger partial charge in [-0.2, -0.15) is 5.10 Å². The van der Waals surface area contributed by atoms with Crippen molar-refractivity contribution in [2.75, 3.05) is 6.54 Å². The molecule has 1 aromatic heterocycles. The number of ether oxygens (including phenoxy) is 1. The molecule has 0 spiro atoms. The molecule has 0 aliphatic heterocycles. The number of aryl methyl sites for hydroxylation is 2. The van der Waals surface area contributed by atoms with Gasteiger partial charge in [0, 0.05) is 29.9 Å². The molecule has 1 heterocycles. The van der Waals surface area contributed by atoms with Crippen molar-refractivity contribution in [2.24, 2.45) is 0 Å². The Bertz CT molecular complexity index is 546. The number of hydrogen-bond donors (Lipinski definition) is 2. The lowest BCUT2D eigenvalue weighted by atomic mass is 10.1. The Morgan fingerprint density at radius 2 is 1.92 bits per heavy atom. The van der Waals surface area contributed by atoms with Crippen LogP contribution in [0.2, 0.25) is 0 Å². The third kappa shape index (κ3) is 6.15. The van der Waals surface area contributed by atoms with E-state index in [0.717, 1.165) is 25.2 Å². The first kappa shape index (κ1) is 20.5. The van der Waals surface area contributed by atoms with E-state index in [4.69, 9.17) is 4.74 Å². The molecule has 0 fully saturated rings. The lowest BCUT2D eigenvalue weighted by molar-refractivity contribution is 0.0506. The van der Waals surface area contributed by atoms with E-state index in [1.807, 2.05) is 32.4 Å². The Balaban J connectivity index is 2.44. The van der Waals surface area contributed by atoms with Gasteiger partial charge in [-0.25, -0.2) is 4.79 Å². The highest BCUT2D eigenvalue weighted by Crippen LogP contribution is 2.21. The minimum atomic E-state index is -0.467. The minimum Gasteiger partial charge on any atom is -0.444 e. The fourth-order valence-corrected chi connectivity index (χ4v) is 2.84. The van der Waals surface area contributed by atoms with Crippen molar-refractivity contribution < 1.29 is 9.53 Å². The van der Waals surface area contributed by atoms with Gasteiger partial charge < -0.3 is 15.4 Å². The first-order valence-corrected chi connectivity index (χ1v) is 8.82. The molecule has 0 radical (unpaired) electrons. The van der Waals surface area contributed by atoms with E-state index >= 15 is 0 Å². The normalized spacial score (nSPS) is 14.3. The second-order valence-corrected chi connectivity index (χ2v) is 7.41. The predicted molar refractivity (Wildman–Crippen MR) is 97.2 cm³/mol. The highest BCUT2D eigenvalue weighted by molar-refractivity contribution is 5.67. The van der Waals surface area contributed by atoms with Crippen LogP contribution in [0, 0.1) is 13.8 Å². The van der Waals surface area contributed by atoms with Crippen molar-refractivity contribution in [1.82, 2.24) is 20.4 Å². The van der Waals surface area contributed by atoms with Crippen LogP contribution < -0.4 is 10.6 Å². The number of carbonyl (C=O) groups is 1. The first-order valence-electron chi connectivity index (χ1n) is 8.82. The smallest absolute Gasteiger partial charge is 0.407 e. The quantitative estimate of drug-likeness (QED) is 0.799. The van der Waals surface area contributed by atoms with Gasteiger partial charge in [0.1, 0.15) is 5.60 Å². The van der Waals surface area contributed by atoms with Crippen molar-refractivity contribution in [3.63, 3.8) is 0 Å². The number of aromatic nitrogens is 2. The highest BCUT2D eigenvalue weighted by Gasteiger charge is 2.19. The van der Waals surface area contributed by atoms with Crippen molar-refractivity contribution in [3.05, 3.63) is 17.0 Å². The van der Waals surface area contributed by atoms with E-state index < -0.39 is 5.60 Å². The van der Waals surface area contributed by atoms with Crippen molar-refractivity contribution in [1.29, 1.82) is 0 Å². The molecule has 1 amide bonds. The molecule has 2 atom stereocenters. The molecule has 0 bridgehead atoms. The lowest BCUT2D eigenvalue weighted by Gasteiger charge is -2.22. The first-order chi connectivity index (χ1) is 11.0. The summed E-state index contributed by atoms with van der Waals surface area (Å²) in [6.45, 7) is 17.7. The van der Waals surface area contributed by atoms with E-state index in [-0.39, 0.29) is 18.2 Å². The number of alkyl carbamates (subject to hydrolysis) is 1. The molecule has 0 aromatic carbocycles. The van der Waals surface area contributed by atoms with Gasteiger partial charge in [0.2, 0.25) is 0 Å². The van der Waals surface area contributed by atoms with Gasteiger partial charge in [-0.3, -0.25) is 4.68 Å². The fraction of sp³-hybridized carbons (Fsp3) is 0.778. The molecule has 6 nitrogen and oxygen atoms in total. The molecule has 6 heteroatoms. The van der Waals surface area contributed by atoms with Crippen LogP contribution in [0.15, 0.2) is 0 Å². The Morgan fingerprint density at radius 1 is 1.29 bits per heavy atom. The molecular weight excluding hydrogens is 304 g/mol. The molecule has 2 N–H and O–H groups in total. The summed E-state index contributed by atoms with van der Waals surface area (Å²) in [5.74, 6) is 0. The number of rotatable bonds is 7. The van der Waals surface area contributed by atoms with Gasteiger partial charge in [0.05, 0.1) is 5.69 Å². The van der Waals surface area contributed by atoms with Crippen LogP contribution in [0.5, 0.6) is 0 Å². The Morgan fingerprint density at radius 3 is 2.42 bits per heavy atom. The molecule has 0 saturated heterocycles. The maximum absolute atomic E-state index is 11.7. The highest BCUT2D eigenvalue weighted by atomic mass is 16.6. The van der Waals surface area contributed by atoms with Crippen LogP contribution in [0.25, 0.3) is 0 Å². The molecular formula is C18H34N4O2. The Kier molecular flexibility index (Phi) is 7.27. The van der Waals surface area contributed by atoms with Crippen LogP contribution in [0.3, 0.4) is 0 Å². The topological polar surface area (TPSA) is 68.2 Å². The maximum Gasteiger partial charge on any atom is 0.407 e. The zero-order valence-electron chi connectivity index (χ0n) is 16.5. The van der Waals surface area contributed by atoms with Crippen molar-refractivity contribution in [2.45, 2.75) is 86.0 Å². The summed E-state index contributed by atoms with van der Waals surface area (Å²) in [6.07, 6.45) is 0.475. The van der Waals surface area contributed by atoms with E-state index in [1.165, 1.54) is 11.3 Å². The minimum absolute atomic E-state index is 0.0557. The monoisotopic (exact) mass is 338 g/mol. The second kappa shape index (κ2) is 8.51. The molecule has 2 unspecified atom stereocenters. The van der Waals surface area contributed by atoms with E-state index in [2.05, 4.69) is 43.4 Å². The fourth-order valence-electron chi connectivity index (χ4n) is 2.84. The van der Waals surface area contributed by atoms with Crippen LogP contribution in [-0.4, -0.2) is 34.1 Å². The lowest BCUT2D eigenvalue weighted by Crippen LogP contribution is -2.39. The molecule has 0 saturated carbocycles. The zero-order chi connectivity index (χ0) is 18.5. The average molecular weight is 338 g/mol. The van der Waals surface area contributed by atoms with E-state index in [0.29, 0.717) is 0 Å². The summed E-state index contributed by atoms with van der Waals surface area (Å²) in [6, 6.07) is 0.291. The molecule has 0 aliphatic rings. The largest absolute Gasteiger partial charge is 0.444 e. The summed E-state index contributed by atoms with van der Waals surface area (Å²) in [7, 11) is 0. The van der Waals surface area contributed by atoms with Gasteiger partial charge in [0.15, 0.2) is 0 Å². The van der Waals surface area contributed by atoms with Gasteiger partial charge in [-0.15, -0.1) is 0 Å². The second-order valence-electron chi connectivity index (χ2n) is 7.41. The summed E-state index contributed by atoms with van der Waals surface area (Å²) in [5.41, 5.74) is 3.10. The number of nitrogens with one attached hydrogen (secondary N) is 2. The van der Waals surface area contributed by atoms with Crippen molar-refractivity contribution in [3.8, 4) is 0 Å². The average Bonchev–Trinajstić information content (AvgIpc) is 2.70. The third-order valence-electron chi connectivity index (χ3n) is 3.96. The van der Waals surface area contributed by atoms with E-state index in [9.17, 15) is 4.79 Å². The third-order valence-corrected chi connectivity index (χ3v) is 3.96. The molecule has 24 heavy (non-hydrogen) atoms.